The molecule has 1 aliphatic heterocycles. The number of fused-ring (bicyclic) bond motifs is 1. The van der Waals surface area contributed by atoms with E-state index >= 15 is 0 Å². The van der Waals surface area contributed by atoms with Crippen molar-refractivity contribution in [3.63, 3.8) is 0 Å². The number of piperazine rings is 1. The maximum Gasteiger partial charge on any atom is 0.316 e. The highest BCUT2D eigenvalue weighted by molar-refractivity contribution is 14.1. The standard InChI is InChI=1S/C31H30ClIN4O4S/c32-25-6-3-7-27(19-25)37-31(38)30(41-28-13-10-23-4-1-2-5-24(23)18-28)29(20-34-37)35-14-16-36(17-15-35)42(39,40)21-22-8-11-26(33)12-9-22/h1-9,11-12,19-20,28H,10,13-18,21H2. The lowest BCUT2D eigenvalue weighted by Gasteiger charge is -2.36. The Hall–Kier alpha value is -2.93. The van der Waals surface area contributed by atoms with Crippen LogP contribution in [0.3, 0.4) is 0 Å². The van der Waals surface area contributed by atoms with Crippen molar-refractivity contribution < 1.29 is 13.2 Å². The Bertz CT molecular complexity index is 1760. The van der Waals surface area contributed by atoms with E-state index in [0.29, 0.717) is 49.0 Å². The zero-order chi connectivity index (χ0) is 29.3. The van der Waals surface area contributed by atoms with Crippen LogP contribution in [0, 0.1) is 3.57 Å². The lowest BCUT2D eigenvalue weighted by atomic mass is 9.90. The van der Waals surface area contributed by atoms with E-state index in [9.17, 15) is 13.2 Å². The molecule has 1 fully saturated rings. The molecule has 1 atom stereocenters. The molecule has 1 unspecified atom stereocenters. The van der Waals surface area contributed by atoms with E-state index in [4.69, 9.17) is 16.3 Å². The summed E-state index contributed by atoms with van der Waals surface area (Å²) in [6.07, 6.45) is 3.85. The van der Waals surface area contributed by atoms with Crippen molar-refractivity contribution >= 4 is 49.9 Å². The van der Waals surface area contributed by atoms with E-state index in [1.165, 1.54) is 20.1 Å². The van der Waals surface area contributed by atoms with Crippen LogP contribution in [0.1, 0.15) is 23.1 Å². The molecular formula is C31H30ClIN4O4S. The van der Waals surface area contributed by atoms with E-state index in [1.807, 2.05) is 41.3 Å². The summed E-state index contributed by atoms with van der Waals surface area (Å²) in [5.74, 6) is 0.183. The van der Waals surface area contributed by atoms with Crippen LogP contribution in [0.25, 0.3) is 5.69 Å². The predicted octanol–water partition coefficient (Wildman–Crippen LogP) is 5.08. The van der Waals surface area contributed by atoms with Gasteiger partial charge in [-0.25, -0.2) is 8.42 Å². The smallest absolute Gasteiger partial charge is 0.316 e. The number of benzene rings is 3. The molecule has 2 heterocycles. The molecule has 42 heavy (non-hydrogen) atoms. The highest BCUT2D eigenvalue weighted by Gasteiger charge is 2.31. The van der Waals surface area contributed by atoms with E-state index < -0.39 is 10.0 Å². The average Bonchev–Trinajstić information content (AvgIpc) is 2.99. The molecule has 0 saturated carbocycles. The van der Waals surface area contributed by atoms with E-state index in [0.717, 1.165) is 22.0 Å². The zero-order valence-electron chi connectivity index (χ0n) is 22.8. The molecule has 218 valence electrons. The number of ether oxygens (including phenoxy) is 1. The van der Waals surface area contributed by atoms with Crippen molar-refractivity contribution in [2.45, 2.75) is 31.1 Å². The highest BCUT2D eigenvalue weighted by Crippen LogP contribution is 2.31. The molecule has 0 N–H and O–H groups in total. The summed E-state index contributed by atoms with van der Waals surface area (Å²) < 4.78 is 36.8. The lowest BCUT2D eigenvalue weighted by Crippen LogP contribution is -2.49. The van der Waals surface area contributed by atoms with Crippen LogP contribution in [-0.4, -0.2) is 54.8 Å². The summed E-state index contributed by atoms with van der Waals surface area (Å²) in [7, 11) is -3.49. The van der Waals surface area contributed by atoms with Crippen LogP contribution < -0.4 is 15.2 Å². The molecule has 1 saturated heterocycles. The van der Waals surface area contributed by atoms with Crippen molar-refractivity contribution in [3.8, 4) is 11.4 Å². The summed E-state index contributed by atoms with van der Waals surface area (Å²) in [4.78, 5) is 15.9. The van der Waals surface area contributed by atoms with Crippen LogP contribution in [-0.2, 0) is 28.6 Å². The fourth-order valence-electron chi connectivity index (χ4n) is 5.58. The van der Waals surface area contributed by atoms with Crippen LogP contribution in [0.15, 0.2) is 83.8 Å². The molecule has 0 spiro atoms. The van der Waals surface area contributed by atoms with Gasteiger partial charge < -0.3 is 9.64 Å². The van der Waals surface area contributed by atoms with Gasteiger partial charge >= 0.3 is 5.56 Å². The van der Waals surface area contributed by atoms with E-state index in [1.54, 1.807) is 30.5 Å². The second-order valence-corrected chi connectivity index (χ2v) is 14.2. The molecule has 6 rings (SSSR count). The Kier molecular flexibility index (Phi) is 8.58. The topological polar surface area (TPSA) is 84.7 Å². The van der Waals surface area contributed by atoms with Crippen LogP contribution in [0.5, 0.6) is 5.75 Å². The van der Waals surface area contributed by atoms with Gasteiger partial charge in [-0.15, -0.1) is 0 Å². The normalized spacial score (nSPS) is 17.6. The third-order valence-electron chi connectivity index (χ3n) is 7.79. The maximum absolute atomic E-state index is 13.9. The van der Waals surface area contributed by atoms with Gasteiger partial charge in [-0.3, -0.25) is 4.79 Å². The number of aryl methyl sites for hydroxylation is 1. The molecular weight excluding hydrogens is 687 g/mol. The molecule has 1 aliphatic carbocycles. The monoisotopic (exact) mass is 716 g/mol. The number of rotatable bonds is 7. The van der Waals surface area contributed by atoms with E-state index in [-0.39, 0.29) is 23.2 Å². The zero-order valence-corrected chi connectivity index (χ0v) is 26.6. The fourth-order valence-corrected chi connectivity index (χ4v) is 7.64. The summed E-state index contributed by atoms with van der Waals surface area (Å²) in [5, 5.41) is 4.98. The molecule has 0 amide bonds. The molecule has 1 aromatic heterocycles. The first-order chi connectivity index (χ1) is 20.3. The highest BCUT2D eigenvalue weighted by atomic mass is 127. The fraction of sp³-hybridized carbons (Fsp3) is 0.290. The average molecular weight is 717 g/mol. The van der Waals surface area contributed by atoms with Gasteiger partial charge in [0.1, 0.15) is 11.8 Å². The van der Waals surface area contributed by atoms with Crippen molar-refractivity contribution in [1.82, 2.24) is 14.1 Å². The van der Waals surface area contributed by atoms with Crippen molar-refractivity contribution in [1.29, 1.82) is 0 Å². The van der Waals surface area contributed by atoms with Gasteiger partial charge in [0.25, 0.3) is 0 Å². The number of sulfonamides is 1. The van der Waals surface area contributed by atoms with Gasteiger partial charge in [-0.1, -0.05) is 54.1 Å². The van der Waals surface area contributed by atoms with Gasteiger partial charge in [0.15, 0.2) is 0 Å². The number of aromatic nitrogens is 2. The van der Waals surface area contributed by atoms with Gasteiger partial charge in [-0.2, -0.15) is 14.1 Å². The minimum absolute atomic E-state index is 0.0430. The minimum Gasteiger partial charge on any atom is -0.483 e. The summed E-state index contributed by atoms with van der Waals surface area (Å²) in [5.41, 5.74) is 4.05. The largest absolute Gasteiger partial charge is 0.483 e. The first-order valence-corrected chi connectivity index (χ1v) is 16.9. The molecule has 0 bridgehead atoms. The van der Waals surface area contributed by atoms with E-state index in [2.05, 4.69) is 39.8 Å². The van der Waals surface area contributed by atoms with Gasteiger partial charge in [0, 0.05) is 41.2 Å². The SMILES string of the molecule is O=c1c(OC2CCc3ccccc3C2)c(N2CCN(S(=O)(=O)Cc3ccc(I)cc3)CC2)cnn1-c1cccc(Cl)c1. The molecule has 2 aliphatic rings. The quantitative estimate of drug-likeness (QED) is 0.248. The number of hydrogen-bond donors (Lipinski definition) is 0. The first kappa shape index (κ1) is 29.2. The van der Waals surface area contributed by atoms with Crippen LogP contribution in [0.2, 0.25) is 5.02 Å². The number of anilines is 1. The molecule has 11 heteroatoms. The van der Waals surface area contributed by atoms with Crippen LogP contribution >= 0.6 is 34.2 Å². The summed E-state index contributed by atoms with van der Waals surface area (Å²) >= 11 is 8.42. The van der Waals surface area contributed by atoms with Crippen molar-refractivity contribution in [2.75, 3.05) is 31.1 Å². The Labute approximate surface area is 264 Å². The van der Waals surface area contributed by atoms with Crippen molar-refractivity contribution in [3.05, 3.63) is 115 Å². The summed E-state index contributed by atoms with van der Waals surface area (Å²) in [6.45, 7) is 1.44. The molecule has 8 nitrogen and oxygen atoms in total. The Morgan fingerprint density at radius 2 is 1.69 bits per heavy atom. The van der Waals surface area contributed by atoms with Gasteiger partial charge in [-0.05, 0) is 82.5 Å². The number of halogens is 2. The summed E-state index contributed by atoms with van der Waals surface area (Å²) in [6, 6.07) is 22.8. The van der Waals surface area contributed by atoms with Gasteiger partial charge in [0.2, 0.25) is 15.8 Å². The molecule has 3 aromatic carbocycles. The number of nitrogens with zero attached hydrogens (tertiary/aromatic N) is 4. The lowest BCUT2D eigenvalue weighted by molar-refractivity contribution is 0.181. The Morgan fingerprint density at radius 3 is 2.43 bits per heavy atom. The Morgan fingerprint density at radius 1 is 0.952 bits per heavy atom. The third kappa shape index (κ3) is 6.36. The number of hydrogen-bond acceptors (Lipinski definition) is 6. The molecule has 4 aromatic rings. The third-order valence-corrected chi connectivity index (χ3v) is 10.6. The second kappa shape index (κ2) is 12.4. The molecule has 0 radical (unpaired) electrons. The van der Waals surface area contributed by atoms with Crippen LogP contribution in [0.4, 0.5) is 5.69 Å². The minimum atomic E-state index is -3.49. The van der Waals surface area contributed by atoms with Crippen molar-refractivity contribution in [2.24, 2.45) is 0 Å². The van der Waals surface area contributed by atoms with Gasteiger partial charge in [0.05, 0.1) is 17.6 Å². The first-order valence-electron chi connectivity index (χ1n) is 13.9. The second-order valence-electron chi connectivity index (χ2n) is 10.6. The Balaban J connectivity index is 1.26. The maximum atomic E-state index is 13.9. The predicted molar refractivity (Wildman–Crippen MR) is 173 cm³/mol.